The Bertz CT molecular complexity index is 742. The maximum Gasteiger partial charge on any atom is 2.00 e. The van der Waals surface area contributed by atoms with Crippen molar-refractivity contribution in [2.24, 2.45) is 0 Å². The van der Waals surface area contributed by atoms with Gasteiger partial charge in [-0.2, -0.15) is 26.3 Å². The molecule has 0 aromatic rings. The Kier molecular flexibility index (Phi) is 16.0. The Balaban J connectivity index is 0.000000467. The van der Waals surface area contributed by atoms with Crippen LogP contribution in [0.4, 0.5) is 26.3 Å². The number of fused-ring (bicyclic) bond motifs is 2. The molecule has 19 heteroatoms. The summed E-state index contributed by atoms with van der Waals surface area (Å²) in [6.07, 6.45) is 11.0. The number of nitrogens with one attached hydrogen (secondary N) is 4. The van der Waals surface area contributed by atoms with Gasteiger partial charge in [0, 0.05) is 24.2 Å². The minimum atomic E-state index is -6.09. The molecule has 4 N–H and O–H groups in total. The van der Waals surface area contributed by atoms with E-state index in [1.807, 2.05) is 0 Å². The maximum absolute atomic E-state index is 10.7. The predicted octanol–water partition coefficient (Wildman–Crippen LogP) is 1.08. The first-order valence-electron chi connectivity index (χ1n) is 11.4. The summed E-state index contributed by atoms with van der Waals surface area (Å²) in [6.45, 7) is 4.96. The summed E-state index contributed by atoms with van der Waals surface area (Å²) in [5.74, 6) is 0. The molecule has 4 heterocycles. The number of piperidine rings is 4. The molecule has 0 saturated carbocycles. The zero-order valence-electron chi connectivity index (χ0n) is 19.6. The molecule has 4 aliphatic heterocycles. The first-order valence-corrected chi connectivity index (χ1v) is 14.2. The molecular weight excluding hydrogens is 610 g/mol. The van der Waals surface area contributed by atoms with Crippen LogP contribution in [0.25, 0.3) is 0 Å². The van der Waals surface area contributed by atoms with E-state index in [9.17, 15) is 26.3 Å². The fraction of sp³-hybridized carbons (Fsp3) is 1.00. The Labute approximate surface area is 223 Å². The van der Waals surface area contributed by atoms with Gasteiger partial charge in [-0.15, -0.1) is 0 Å². The van der Waals surface area contributed by atoms with Gasteiger partial charge in [0.2, 0.25) is 0 Å². The van der Waals surface area contributed by atoms with Crippen LogP contribution in [0, 0.1) is 0 Å². The SMILES string of the molecule is C1CN[C@H]2CCCN[C@H]2C1.C1CN[C@H]2CCCN[C@H]2C1.O=S(=O)([O-])C(F)(F)F.O=S(=O)([O-])C(F)(F)F.[Cu+2]. The van der Waals surface area contributed by atoms with E-state index in [2.05, 4.69) is 21.3 Å². The number of hydrogen-bond donors (Lipinski definition) is 4. The van der Waals surface area contributed by atoms with Gasteiger partial charge >= 0.3 is 28.1 Å². The van der Waals surface area contributed by atoms with E-state index in [1.165, 1.54) is 77.5 Å². The third kappa shape index (κ3) is 14.1. The van der Waals surface area contributed by atoms with Crippen molar-refractivity contribution in [2.45, 2.75) is 86.6 Å². The molecule has 0 bridgehead atoms. The van der Waals surface area contributed by atoms with Crippen molar-refractivity contribution in [2.75, 3.05) is 26.2 Å². The molecule has 4 saturated heterocycles. The Morgan fingerprint density at radius 3 is 0.811 bits per heavy atom. The van der Waals surface area contributed by atoms with Crippen molar-refractivity contribution in [3.8, 4) is 0 Å². The standard InChI is InChI=1S/2C8H16N2.2CHF3O3S.Cu/c2*1-3-7-8(9-5-1)4-2-6-10-7;2*2-1(3,4)8(5,6)7;/h2*7-10H,1-6H2;2*(H,5,6,7);/q;;;;+2/p-2/t2*7-,8-;;;/m00.../s1. The molecule has 0 spiro atoms. The molecule has 0 amide bonds. The first kappa shape index (κ1) is 36.8. The minimum absolute atomic E-state index is 0. The number of alkyl halides is 6. The second-order valence-corrected chi connectivity index (χ2v) is 11.4. The zero-order chi connectivity index (χ0) is 27.6. The van der Waals surface area contributed by atoms with Crippen molar-refractivity contribution < 1.29 is 69.4 Å². The molecule has 1 radical (unpaired) electrons. The quantitative estimate of drug-likeness (QED) is 0.130. The van der Waals surface area contributed by atoms with E-state index in [4.69, 9.17) is 25.9 Å². The second-order valence-electron chi connectivity index (χ2n) is 8.61. The van der Waals surface area contributed by atoms with E-state index >= 15 is 0 Å². The molecule has 4 fully saturated rings. The van der Waals surface area contributed by atoms with Gasteiger partial charge in [-0.05, 0) is 77.5 Å². The number of halogens is 6. The van der Waals surface area contributed by atoms with Gasteiger partial charge in [0.1, 0.15) is 0 Å². The van der Waals surface area contributed by atoms with Crippen molar-refractivity contribution in [1.82, 2.24) is 21.3 Å². The average molecular weight is 642 g/mol. The largest absolute Gasteiger partial charge is 2.00 e. The Morgan fingerprint density at radius 2 is 0.676 bits per heavy atom. The van der Waals surface area contributed by atoms with Crippen LogP contribution in [0.15, 0.2) is 0 Å². The summed E-state index contributed by atoms with van der Waals surface area (Å²) in [5, 5.41) is 14.2. The summed E-state index contributed by atoms with van der Waals surface area (Å²) < 4.78 is 118. The molecule has 10 nitrogen and oxygen atoms in total. The topological polar surface area (TPSA) is 163 Å². The summed E-state index contributed by atoms with van der Waals surface area (Å²) in [4.78, 5) is 0. The number of hydrogen-bond acceptors (Lipinski definition) is 10. The Hall–Kier alpha value is -0.241. The molecule has 4 atom stereocenters. The van der Waals surface area contributed by atoms with Gasteiger partial charge in [0.25, 0.3) is 0 Å². The van der Waals surface area contributed by atoms with E-state index in [1.54, 1.807) is 0 Å². The first-order chi connectivity index (χ1) is 16.4. The van der Waals surface area contributed by atoms with Gasteiger partial charge in [0.05, 0.1) is 0 Å². The van der Waals surface area contributed by atoms with Crippen LogP contribution in [0.2, 0.25) is 0 Å². The normalized spacial score (nSPS) is 28.1. The van der Waals surface area contributed by atoms with Crippen LogP contribution in [0.1, 0.15) is 51.4 Å². The van der Waals surface area contributed by atoms with Gasteiger partial charge in [0.15, 0.2) is 20.2 Å². The summed E-state index contributed by atoms with van der Waals surface area (Å²) in [7, 11) is -12.2. The summed E-state index contributed by atoms with van der Waals surface area (Å²) >= 11 is 0. The Morgan fingerprint density at radius 1 is 0.514 bits per heavy atom. The molecule has 225 valence electrons. The molecule has 0 aromatic carbocycles. The van der Waals surface area contributed by atoms with Gasteiger partial charge in [-0.3, -0.25) is 0 Å². The van der Waals surface area contributed by atoms with Crippen molar-refractivity contribution in [3.05, 3.63) is 0 Å². The van der Waals surface area contributed by atoms with Crippen LogP contribution in [-0.4, -0.2) is 87.3 Å². The average Bonchev–Trinajstić information content (AvgIpc) is 2.78. The molecule has 0 aliphatic carbocycles. The molecule has 4 aliphatic rings. The van der Waals surface area contributed by atoms with Crippen LogP contribution >= 0.6 is 0 Å². The molecule has 4 rings (SSSR count). The van der Waals surface area contributed by atoms with E-state index < -0.39 is 31.3 Å². The van der Waals surface area contributed by atoms with Crippen LogP contribution in [0.3, 0.4) is 0 Å². The maximum atomic E-state index is 10.7. The number of rotatable bonds is 0. The second kappa shape index (κ2) is 16.1. The summed E-state index contributed by atoms with van der Waals surface area (Å²) in [6, 6.07) is 3.18. The van der Waals surface area contributed by atoms with Gasteiger partial charge in [-0.1, -0.05) is 0 Å². The smallest absolute Gasteiger partial charge is 0.741 e. The fourth-order valence-corrected chi connectivity index (χ4v) is 4.22. The third-order valence-electron chi connectivity index (χ3n) is 5.93. The van der Waals surface area contributed by atoms with Gasteiger partial charge < -0.3 is 30.4 Å². The van der Waals surface area contributed by atoms with Crippen LogP contribution < -0.4 is 21.3 Å². The van der Waals surface area contributed by atoms with Crippen molar-refractivity contribution in [3.63, 3.8) is 0 Å². The molecular formula is C18H32CuF6N4O6S2. The van der Waals surface area contributed by atoms with Crippen molar-refractivity contribution >= 4 is 20.2 Å². The van der Waals surface area contributed by atoms with Crippen LogP contribution in [0.5, 0.6) is 0 Å². The minimum Gasteiger partial charge on any atom is -0.741 e. The van der Waals surface area contributed by atoms with E-state index in [0.29, 0.717) is 0 Å². The fourth-order valence-electron chi connectivity index (χ4n) is 4.22. The third-order valence-corrected chi connectivity index (χ3v) is 7.07. The monoisotopic (exact) mass is 641 g/mol. The van der Waals surface area contributed by atoms with Crippen molar-refractivity contribution in [1.29, 1.82) is 0 Å². The van der Waals surface area contributed by atoms with Crippen LogP contribution in [-0.2, 0) is 37.3 Å². The summed E-state index contributed by atoms with van der Waals surface area (Å²) in [5.41, 5.74) is -11.3. The van der Waals surface area contributed by atoms with E-state index in [-0.39, 0.29) is 17.1 Å². The zero-order valence-corrected chi connectivity index (χ0v) is 22.2. The molecule has 0 aromatic heterocycles. The molecule has 0 unspecified atom stereocenters. The van der Waals surface area contributed by atoms with Gasteiger partial charge in [-0.25, -0.2) is 16.8 Å². The molecule has 37 heavy (non-hydrogen) atoms. The predicted molar refractivity (Wildman–Crippen MR) is 116 cm³/mol. The van der Waals surface area contributed by atoms with E-state index in [0.717, 1.165) is 24.2 Å².